The second-order valence-electron chi connectivity index (χ2n) is 15.5. The average molecular weight is 704 g/mol. The van der Waals surface area contributed by atoms with Crippen molar-refractivity contribution >= 4 is 5.91 Å². The molecule has 2 unspecified atom stereocenters. The fourth-order valence-corrected chi connectivity index (χ4v) is 6.94. The van der Waals surface area contributed by atoms with Gasteiger partial charge in [-0.15, -0.1) is 0 Å². The van der Waals surface area contributed by atoms with E-state index in [1.165, 1.54) is 186 Å². The van der Waals surface area contributed by atoms with Gasteiger partial charge in [-0.3, -0.25) is 4.79 Å². The quantitative estimate of drug-likeness (QED) is 0.0438. The Kier molecular flexibility index (Phi) is 41.3. The molecule has 0 aromatic carbocycles. The molecule has 296 valence electrons. The van der Waals surface area contributed by atoms with Crippen LogP contribution in [-0.4, -0.2) is 34.9 Å². The lowest BCUT2D eigenvalue weighted by Crippen LogP contribution is -2.45. The first-order valence-corrected chi connectivity index (χ1v) is 22.6. The van der Waals surface area contributed by atoms with Crippen LogP contribution in [0, 0.1) is 0 Å². The number of unbranched alkanes of at least 4 members (excludes halogenated alkanes) is 32. The van der Waals surface area contributed by atoms with Crippen molar-refractivity contribution in [1.29, 1.82) is 0 Å². The predicted molar refractivity (Wildman–Crippen MR) is 221 cm³/mol. The van der Waals surface area contributed by atoms with Gasteiger partial charge in [-0.05, 0) is 44.9 Å². The van der Waals surface area contributed by atoms with Gasteiger partial charge >= 0.3 is 0 Å². The van der Waals surface area contributed by atoms with Crippen molar-refractivity contribution in [3.05, 3.63) is 24.3 Å². The molecule has 0 aliphatic carbocycles. The normalized spacial score (nSPS) is 13.1. The number of carbonyl (C=O) groups excluding carboxylic acids is 1. The van der Waals surface area contributed by atoms with Crippen LogP contribution in [0.25, 0.3) is 0 Å². The van der Waals surface area contributed by atoms with Crippen molar-refractivity contribution < 1.29 is 15.0 Å². The Morgan fingerprint density at radius 2 is 0.760 bits per heavy atom. The molecular formula is C46H89NO3. The fraction of sp³-hybridized carbons (Fsp3) is 0.891. The number of carbonyl (C=O) groups is 1. The van der Waals surface area contributed by atoms with Crippen LogP contribution in [0.1, 0.15) is 245 Å². The highest BCUT2D eigenvalue weighted by molar-refractivity contribution is 5.76. The van der Waals surface area contributed by atoms with E-state index < -0.39 is 12.1 Å². The minimum atomic E-state index is -0.839. The minimum absolute atomic E-state index is 0.0727. The summed E-state index contributed by atoms with van der Waals surface area (Å²) in [6, 6.07) is -0.623. The van der Waals surface area contributed by atoms with E-state index in [4.69, 9.17) is 0 Å². The van der Waals surface area contributed by atoms with Gasteiger partial charge in [0.2, 0.25) is 5.91 Å². The molecule has 0 aliphatic rings. The zero-order valence-corrected chi connectivity index (χ0v) is 33.9. The Balaban J connectivity index is 3.49. The number of amides is 1. The Bertz CT molecular complexity index is 720. The van der Waals surface area contributed by atoms with E-state index in [1.54, 1.807) is 6.08 Å². The summed E-state index contributed by atoms with van der Waals surface area (Å²) in [5, 5.41) is 23.0. The largest absolute Gasteiger partial charge is 0.394 e. The molecule has 0 saturated heterocycles. The molecule has 0 saturated carbocycles. The molecule has 2 atom stereocenters. The predicted octanol–water partition coefficient (Wildman–Crippen LogP) is 14.0. The first-order valence-electron chi connectivity index (χ1n) is 22.6. The number of aliphatic hydroxyl groups excluding tert-OH is 2. The first kappa shape index (κ1) is 48.9. The second-order valence-corrected chi connectivity index (χ2v) is 15.5. The smallest absolute Gasteiger partial charge is 0.220 e. The lowest BCUT2D eigenvalue weighted by Gasteiger charge is -2.20. The maximum absolute atomic E-state index is 12.3. The molecule has 0 heterocycles. The van der Waals surface area contributed by atoms with Gasteiger partial charge < -0.3 is 15.5 Å². The molecular weight excluding hydrogens is 615 g/mol. The number of rotatable bonds is 41. The molecule has 0 bridgehead atoms. The SMILES string of the molecule is CCCCC/C=C\CCCCCCCC(=O)NC(CO)C(O)/C=C/CCCCCCCCCCCCCCCCCCCCCCCCCC. The summed E-state index contributed by atoms with van der Waals surface area (Å²) >= 11 is 0. The lowest BCUT2D eigenvalue weighted by molar-refractivity contribution is -0.123. The third-order valence-corrected chi connectivity index (χ3v) is 10.4. The van der Waals surface area contributed by atoms with E-state index in [2.05, 4.69) is 31.3 Å². The van der Waals surface area contributed by atoms with Gasteiger partial charge in [0.25, 0.3) is 0 Å². The average Bonchev–Trinajstić information content (AvgIpc) is 3.12. The molecule has 0 radical (unpaired) electrons. The third-order valence-electron chi connectivity index (χ3n) is 10.4. The van der Waals surface area contributed by atoms with E-state index in [1.807, 2.05) is 6.08 Å². The number of allylic oxidation sites excluding steroid dienone is 3. The number of nitrogens with one attached hydrogen (secondary N) is 1. The molecule has 0 aromatic heterocycles. The Morgan fingerprint density at radius 3 is 1.14 bits per heavy atom. The summed E-state index contributed by atoms with van der Waals surface area (Å²) in [7, 11) is 0. The van der Waals surface area contributed by atoms with Crippen LogP contribution in [0.4, 0.5) is 0 Å². The lowest BCUT2D eigenvalue weighted by atomic mass is 10.0. The summed E-state index contributed by atoms with van der Waals surface area (Å²) in [6.45, 7) is 4.29. The summed E-state index contributed by atoms with van der Waals surface area (Å²) < 4.78 is 0. The highest BCUT2D eigenvalue weighted by Gasteiger charge is 2.17. The molecule has 3 N–H and O–H groups in total. The van der Waals surface area contributed by atoms with Crippen molar-refractivity contribution in [2.45, 2.75) is 257 Å². The third kappa shape index (κ3) is 38.1. The van der Waals surface area contributed by atoms with Crippen molar-refractivity contribution in [1.82, 2.24) is 5.32 Å². The van der Waals surface area contributed by atoms with E-state index >= 15 is 0 Å². The standard InChI is InChI=1S/C46H89NO3/c1-3-5-7-9-11-13-15-17-18-19-20-21-22-23-24-25-26-27-28-29-30-31-33-35-37-39-41-45(49)44(43-48)47-46(50)42-40-38-36-34-32-16-14-12-10-8-6-4-2/h12,14,39,41,44-45,48-49H,3-11,13,15-38,40,42-43H2,1-2H3,(H,47,50)/b14-12-,41-39+. The van der Waals surface area contributed by atoms with Crippen LogP contribution in [0.15, 0.2) is 24.3 Å². The van der Waals surface area contributed by atoms with Crippen LogP contribution >= 0.6 is 0 Å². The maximum Gasteiger partial charge on any atom is 0.220 e. The minimum Gasteiger partial charge on any atom is -0.394 e. The number of hydrogen-bond acceptors (Lipinski definition) is 3. The summed E-state index contributed by atoms with van der Waals surface area (Å²) in [5.41, 5.74) is 0. The van der Waals surface area contributed by atoms with Crippen molar-refractivity contribution in [2.75, 3.05) is 6.61 Å². The van der Waals surface area contributed by atoms with Crippen LogP contribution in [0.3, 0.4) is 0 Å². The highest BCUT2D eigenvalue weighted by atomic mass is 16.3. The van der Waals surface area contributed by atoms with Gasteiger partial charge in [-0.2, -0.15) is 0 Å². The van der Waals surface area contributed by atoms with Crippen molar-refractivity contribution in [2.24, 2.45) is 0 Å². The Labute approximate surface area is 313 Å². The summed E-state index contributed by atoms with van der Waals surface area (Å²) in [4.78, 5) is 12.3. The summed E-state index contributed by atoms with van der Waals surface area (Å²) in [6.07, 6.45) is 54.4. The van der Waals surface area contributed by atoms with E-state index in [-0.39, 0.29) is 12.5 Å². The highest BCUT2D eigenvalue weighted by Crippen LogP contribution is 2.16. The van der Waals surface area contributed by atoms with Crippen molar-refractivity contribution in [3.8, 4) is 0 Å². The van der Waals surface area contributed by atoms with E-state index in [0.29, 0.717) is 6.42 Å². The van der Waals surface area contributed by atoms with Gasteiger partial charge in [-0.1, -0.05) is 218 Å². The molecule has 0 spiro atoms. The van der Waals surface area contributed by atoms with Gasteiger partial charge in [0.05, 0.1) is 18.8 Å². The zero-order chi connectivity index (χ0) is 36.4. The number of aliphatic hydroxyl groups is 2. The molecule has 50 heavy (non-hydrogen) atoms. The molecule has 1 amide bonds. The van der Waals surface area contributed by atoms with Gasteiger partial charge in [-0.25, -0.2) is 0 Å². The molecule has 0 rings (SSSR count). The van der Waals surface area contributed by atoms with Crippen molar-refractivity contribution in [3.63, 3.8) is 0 Å². The molecule has 4 heteroatoms. The maximum atomic E-state index is 12.3. The Hall–Kier alpha value is -1.13. The van der Waals surface area contributed by atoms with Crippen LogP contribution in [0.5, 0.6) is 0 Å². The second kappa shape index (κ2) is 42.3. The van der Waals surface area contributed by atoms with Gasteiger partial charge in [0.15, 0.2) is 0 Å². The van der Waals surface area contributed by atoms with E-state index in [9.17, 15) is 15.0 Å². The van der Waals surface area contributed by atoms with Crippen LogP contribution in [-0.2, 0) is 4.79 Å². The van der Waals surface area contributed by atoms with Crippen LogP contribution in [0.2, 0.25) is 0 Å². The first-order chi connectivity index (χ1) is 24.7. The monoisotopic (exact) mass is 704 g/mol. The number of hydrogen-bond donors (Lipinski definition) is 3. The molecule has 0 aromatic rings. The Morgan fingerprint density at radius 1 is 0.460 bits per heavy atom. The molecule has 0 fully saturated rings. The van der Waals surface area contributed by atoms with E-state index in [0.717, 1.165) is 38.5 Å². The fourth-order valence-electron chi connectivity index (χ4n) is 6.94. The topological polar surface area (TPSA) is 69.6 Å². The van der Waals surface area contributed by atoms with Gasteiger partial charge in [0.1, 0.15) is 0 Å². The van der Waals surface area contributed by atoms with Gasteiger partial charge in [0, 0.05) is 6.42 Å². The van der Waals surface area contributed by atoms with Crippen LogP contribution < -0.4 is 5.32 Å². The summed E-state index contributed by atoms with van der Waals surface area (Å²) in [5.74, 6) is -0.0727. The molecule has 0 aliphatic heterocycles. The zero-order valence-electron chi connectivity index (χ0n) is 33.9. The molecule has 4 nitrogen and oxygen atoms in total.